The van der Waals surface area contributed by atoms with E-state index in [2.05, 4.69) is 10.3 Å². The van der Waals surface area contributed by atoms with Crippen molar-refractivity contribution in [1.29, 1.82) is 5.26 Å². The summed E-state index contributed by atoms with van der Waals surface area (Å²) < 4.78 is 2.00. The average molecular weight is 297 g/mol. The van der Waals surface area contributed by atoms with Crippen molar-refractivity contribution in [2.75, 3.05) is 13.6 Å². The van der Waals surface area contributed by atoms with Crippen LogP contribution in [0.2, 0.25) is 0 Å². The lowest BCUT2D eigenvalue weighted by Gasteiger charge is -2.22. The van der Waals surface area contributed by atoms with Crippen molar-refractivity contribution in [2.45, 2.75) is 38.1 Å². The van der Waals surface area contributed by atoms with Crippen LogP contribution < -0.4 is 0 Å². The molecule has 0 spiro atoms. The third-order valence-corrected chi connectivity index (χ3v) is 4.29. The maximum absolute atomic E-state index is 12.2. The van der Waals surface area contributed by atoms with Crippen LogP contribution in [0.15, 0.2) is 18.2 Å². The molecule has 1 saturated carbocycles. The summed E-state index contributed by atoms with van der Waals surface area (Å²) in [5, 5.41) is 17.2. The molecule has 22 heavy (non-hydrogen) atoms. The first-order valence-corrected chi connectivity index (χ1v) is 7.68. The Labute approximate surface area is 129 Å². The number of rotatable bonds is 3. The van der Waals surface area contributed by atoms with Crippen LogP contribution in [0.5, 0.6) is 0 Å². The van der Waals surface area contributed by atoms with Gasteiger partial charge in [-0.3, -0.25) is 4.79 Å². The average Bonchev–Trinajstić information content (AvgIpc) is 2.98. The summed E-state index contributed by atoms with van der Waals surface area (Å²) in [7, 11) is 1.62. The van der Waals surface area contributed by atoms with Gasteiger partial charge in [0.1, 0.15) is 12.1 Å². The van der Waals surface area contributed by atoms with Crippen LogP contribution in [0.25, 0.3) is 11.0 Å². The molecule has 0 unspecified atom stereocenters. The Morgan fingerprint density at radius 1 is 1.41 bits per heavy atom. The lowest BCUT2D eigenvalue weighted by molar-refractivity contribution is 0.0812. The topological polar surface area (TPSA) is 74.8 Å². The predicted octanol–water partition coefficient (Wildman–Crippen LogP) is 2.53. The third-order valence-electron chi connectivity index (χ3n) is 4.29. The highest BCUT2D eigenvalue weighted by atomic mass is 16.2. The SMILES string of the molecule is CN(CC#N)C(=O)c1ccc2c(c1)nnn2C1CCCCC1. The molecule has 1 aliphatic rings. The fourth-order valence-electron chi connectivity index (χ4n) is 3.07. The van der Waals surface area contributed by atoms with Gasteiger partial charge in [0.15, 0.2) is 0 Å². The molecular formula is C16H19N5O. The molecule has 1 aromatic carbocycles. The first-order chi connectivity index (χ1) is 10.7. The standard InChI is InChI=1S/C16H19N5O/c1-20(10-9-17)16(22)12-7-8-15-14(11-12)18-19-21(15)13-5-3-2-4-6-13/h7-8,11,13H,2-6,10H2,1H3. The molecule has 1 aromatic heterocycles. The van der Waals surface area contributed by atoms with Gasteiger partial charge in [-0.2, -0.15) is 5.26 Å². The zero-order valence-corrected chi connectivity index (χ0v) is 12.7. The van der Waals surface area contributed by atoms with Crippen molar-refractivity contribution in [2.24, 2.45) is 0 Å². The number of hydrogen-bond donors (Lipinski definition) is 0. The first kappa shape index (κ1) is 14.5. The van der Waals surface area contributed by atoms with E-state index >= 15 is 0 Å². The van der Waals surface area contributed by atoms with Crippen LogP contribution in [0.4, 0.5) is 0 Å². The van der Waals surface area contributed by atoms with E-state index in [1.165, 1.54) is 24.2 Å². The van der Waals surface area contributed by atoms with Crippen LogP contribution in [-0.4, -0.2) is 39.4 Å². The predicted molar refractivity (Wildman–Crippen MR) is 82.2 cm³/mol. The zero-order valence-electron chi connectivity index (χ0n) is 12.7. The molecule has 0 bridgehead atoms. The summed E-state index contributed by atoms with van der Waals surface area (Å²) in [4.78, 5) is 13.6. The summed E-state index contributed by atoms with van der Waals surface area (Å²) >= 11 is 0. The lowest BCUT2D eigenvalue weighted by atomic mass is 9.95. The Kier molecular flexibility index (Phi) is 4.05. The van der Waals surface area contributed by atoms with Crippen molar-refractivity contribution in [1.82, 2.24) is 19.9 Å². The van der Waals surface area contributed by atoms with Gasteiger partial charge in [-0.25, -0.2) is 4.68 Å². The van der Waals surface area contributed by atoms with Crippen molar-refractivity contribution in [3.8, 4) is 6.07 Å². The van der Waals surface area contributed by atoms with Gasteiger partial charge in [0.05, 0.1) is 17.6 Å². The Bertz CT molecular complexity index is 724. The molecule has 0 atom stereocenters. The highest BCUT2D eigenvalue weighted by Crippen LogP contribution is 2.29. The second-order valence-corrected chi connectivity index (χ2v) is 5.85. The normalized spacial score (nSPS) is 15.6. The number of carbonyl (C=O) groups is 1. The van der Waals surface area contributed by atoms with Crippen molar-refractivity contribution < 1.29 is 4.79 Å². The molecule has 114 valence electrons. The van der Waals surface area contributed by atoms with E-state index in [9.17, 15) is 4.79 Å². The summed E-state index contributed by atoms with van der Waals surface area (Å²) in [5.74, 6) is -0.171. The van der Waals surface area contributed by atoms with Gasteiger partial charge >= 0.3 is 0 Å². The van der Waals surface area contributed by atoms with Gasteiger partial charge in [0.2, 0.25) is 0 Å². The van der Waals surface area contributed by atoms with Gasteiger partial charge in [-0.15, -0.1) is 5.10 Å². The minimum absolute atomic E-state index is 0.0750. The molecule has 0 aliphatic heterocycles. The molecule has 1 aliphatic carbocycles. The molecule has 1 heterocycles. The number of amides is 1. The first-order valence-electron chi connectivity index (χ1n) is 7.68. The molecule has 3 rings (SSSR count). The monoisotopic (exact) mass is 297 g/mol. The Hall–Kier alpha value is -2.42. The van der Waals surface area contributed by atoms with Gasteiger partial charge in [-0.05, 0) is 31.0 Å². The van der Waals surface area contributed by atoms with Crippen LogP contribution in [0.1, 0.15) is 48.5 Å². The van der Waals surface area contributed by atoms with E-state index in [-0.39, 0.29) is 12.5 Å². The summed E-state index contributed by atoms with van der Waals surface area (Å²) in [5.41, 5.74) is 2.26. The Morgan fingerprint density at radius 2 is 2.18 bits per heavy atom. The number of carbonyl (C=O) groups excluding carboxylic acids is 1. The van der Waals surface area contributed by atoms with Gasteiger partial charge < -0.3 is 4.90 Å². The van der Waals surface area contributed by atoms with Crippen molar-refractivity contribution in [3.63, 3.8) is 0 Å². The van der Waals surface area contributed by atoms with Crippen molar-refractivity contribution >= 4 is 16.9 Å². The quantitative estimate of drug-likeness (QED) is 0.816. The van der Waals surface area contributed by atoms with Crippen molar-refractivity contribution in [3.05, 3.63) is 23.8 Å². The van der Waals surface area contributed by atoms with Crippen LogP contribution >= 0.6 is 0 Å². The van der Waals surface area contributed by atoms with Gasteiger partial charge in [0, 0.05) is 12.6 Å². The highest BCUT2D eigenvalue weighted by Gasteiger charge is 2.20. The lowest BCUT2D eigenvalue weighted by Crippen LogP contribution is -2.26. The summed E-state index contributed by atoms with van der Waals surface area (Å²) in [6.07, 6.45) is 6.06. The highest BCUT2D eigenvalue weighted by molar-refractivity contribution is 5.97. The molecule has 0 N–H and O–H groups in total. The fraction of sp³-hybridized carbons (Fsp3) is 0.500. The maximum Gasteiger partial charge on any atom is 0.254 e. The third kappa shape index (κ3) is 2.67. The molecular weight excluding hydrogens is 278 g/mol. The molecule has 2 aromatic rings. The summed E-state index contributed by atoms with van der Waals surface area (Å²) in [6.45, 7) is 0.0750. The van der Waals surface area contributed by atoms with Gasteiger partial charge in [-0.1, -0.05) is 24.5 Å². The number of fused-ring (bicyclic) bond motifs is 1. The van der Waals surface area contributed by atoms with E-state index in [0.29, 0.717) is 11.6 Å². The number of benzene rings is 1. The minimum atomic E-state index is -0.171. The van der Waals surface area contributed by atoms with E-state index in [4.69, 9.17) is 5.26 Å². The fourth-order valence-corrected chi connectivity index (χ4v) is 3.07. The molecule has 6 heteroatoms. The van der Waals surface area contributed by atoms with E-state index in [1.807, 2.05) is 16.8 Å². The number of nitrogens with zero attached hydrogens (tertiary/aromatic N) is 5. The van der Waals surface area contributed by atoms with Crippen LogP contribution in [0.3, 0.4) is 0 Å². The molecule has 1 fully saturated rings. The molecule has 1 amide bonds. The van der Waals surface area contributed by atoms with Gasteiger partial charge in [0.25, 0.3) is 5.91 Å². The second-order valence-electron chi connectivity index (χ2n) is 5.85. The van der Waals surface area contributed by atoms with E-state index in [0.717, 1.165) is 23.9 Å². The Balaban J connectivity index is 1.89. The second kappa shape index (κ2) is 6.14. The Morgan fingerprint density at radius 3 is 2.91 bits per heavy atom. The van der Waals surface area contributed by atoms with Crippen LogP contribution in [-0.2, 0) is 0 Å². The van der Waals surface area contributed by atoms with E-state index in [1.54, 1.807) is 19.2 Å². The van der Waals surface area contributed by atoms with E-state index < -0.39 is 0 Å². The number of hydrogen-bond acceptors (Lipinski definition) is 4. The number of aromatic nitrogens is 3. The zero-order chi connectivity index (χ0) is 15.5. The molecule has 0 saturated heterocycles. The smallest absolute Gasteiger partial charge is 0.254 e. The summed E-state index contributed by atoms with van der Waals surface area (Å²) in [6, 6.07) is 7.86. The maximum atomic E-state index is 12.2. The van der Waals surface area contributed by atoms with Crippen LogP contribution in [0, 0.1) is 11.3 Å². The largest absolute Gasteiger partial charge is 0.328 e. The molecule has 6 nitrogen and oxygen atoms in total. The molecule has 0 radical (unpaired) electrons. The number of nitriles is 1. The minimum Gasteiger partial charge on any atom is -0.328 e.